The second-order valence-corrected chi connectivity index (χ2v) is 15.3. The van der Waals surface area contributed by atoms with Gasteiger partial charge in [-0.2, -0.15) is 0 Å². The van der Waals surface area contributed by atoms with Gasteiger partial charge >= 0.3 is 0 Å². The van der Waals surface area contributed by atoms with Crippen LogP contribution in [0.1, 0.15) is 113 Å². The predicted octanol–water partition coefficient (Wildman–Crippen LogP) is 8.05. The Balaban J connectivity index is 1.52. The van der Waals surface area contributed by atoms with Crippen molar-refractivity contribution in [3.63, 3.8) is 0 Å². The highest BCUT2D eigenvalue weighted by atomic mass is 16.2. The van der Waals surface area contributed by atoms with E-state index in [9.17, 15) is 9.59 Å². The van der Waals surface area contributed by atoms with Crippen molar-refractivity contribution in [3.05, 3.63) is 12.2 Å². The van der Waals surface area contributed by atoms with Crippen LogP contribution >= 0.6 is 0 Å². The molecule has 2 nitrogen and oxygen atoms in total. The topological polar surface area (TPSA) is 34.1 Å². The van der Waals surface area contributed by atoms with Crippen molar-refractivity contribution in [1.29, 1.82) is 0 Å². The van der Waals surface area contributed by atoms with Crippen LogP contribution in [0.15, 0.2) is 12.2 Å². The van der Waals surface area contributed by atoms with Crippen molar-refractivity contribution >= 4 is 12.1 Å². The van der Waals surface area contributed by atoms with Crippen molar-refractivity contribution in [2.24, 2.45) is 62.6 Å². The van der Waals surface area contributed by atoms with Gasteiger partial charge in [-0.15, -0.1) is 0 Å². The molecule has 0 bridgehead atoms. The standard InChI is InChI=1S/C32H50O2/c1-20(2)21-11-14-29(5)17-18-31(7)23(27(21)29)9-10-26-30(6)15-12-22(24(34)19-33)28(3,4)25(30)13-16-32(26,31)8/h19,21-23,25-27H,1,9-18H2,2-8H3/t21?,22?,23?,25?,26?,27?,29?,30-,31+,32+/m0/s1. The highest BCUT2D eigenvalue weighted by molar-refractivity contribution is 6.26. The molecule has 0 aliphatic heterocycles. The Morgan fingerprint density at radius 2 is 1.50 bits per heavy atom. The van der Waals surface area contributed by atoms with Gasteiger partial charge in [0.05, 0.1) is 0 Å². The van der Waals surface area contributed by atoms with Gasteiger partial charge in [-0.25, -0.2) is 0 Å². The van der Waals surface area contributed by atoms with Gasteiger partial charge < -0.3 is 0 Å². The number of ketones is 1. The molecule has 10 atom stereocenters. The normalized spacial score (nSPS) is 53.6. The first-order chi connectivity index (χ1) is 15.8. The van der Waals surface area contributed by atoms with Crippen LogP contribution in [0, 0.1) is 62.6 Å². The Hall–Kier alpha value is -0.920. The van der Waals surface area contributed by atoms with Crippen molar-refractivity contribution in [3.8, 4) is 0 Å². The number of allylic oxidation sites excluding steroid dienone is 1. The van der Waals surface area contributed by atoms with Crippen molar-refractivity contribution < 1.29 is 9.59 Å². The number of hydrogen-bond donors (Lipinski definition) is 0. The van der Waals surface area contributed by atoms with Crippen molar-refractivity contribution in [2.45, 2.75) is 113 Å². The molecule has 34 heavy (non-hydrogen) atoms. The second-order valence-electron chi connectivity index (χ2n) is 15.3. The van der Waals surface area contributed by atoms with Gasteiger partial charge in [0.25, 0.3) is 0 Å². The third-order valence-electron chi connectivity index (χ3n) is 14.0. The van der Waals surface area contributed by atoms with Crippen LogP contribution in [-0.2, 0) is 9.59 Å². The van der Waals surface area contributed by atoms with Gasteiger partial charge in [-0.05, 0) is 128 Å². The van der Waals surface area contributed by atoms with E-state index < -0.39 is 0 Å². The molecule has 5 aliphatic rings. The number of carbonyl (C=O) groups excluding carboxylic acids is 2. The average Bonchev–Trinajstić information content (AvgIpc) is 3.11. The number of aldehydes is 1. The Morgan fingerprint density at radius 3 is 2.15 bits per heavy atom. The molecule has 5 fully saturated rings. The zero-order chi connectivity index (χ0) is 24.9. The summed E-state index contributed by atoms with van der Waals surface area (Å²) in [4.78, 5) is 24.0. The molecular formula is C32H50O2. The molecule has 5 saturated carbocycles. The lowest BCUT2D eigenvalue weighted by Crippen LogP contribution is -2.66. The van der Waals surface area contributed by atoms with Crippen LogP contribution in [0.4, 0.5) is 0 Å². The number of Topliss-reactive ketones (excluding diaryl/α,β-unsaturated/α-hetero) is 1. The summed E-state index contributed by atoms with van der Waals surface area (Å²) in [5.74, 6) is 3.34. The largest absolute Gasteiger partial charge is 0.295 e. The number of rotatable bonds is 3. The van der Waals surface area contributed by atoms with E-state index in [-0.39, 0.29) is 22.5 Å². The summed E-state index contributed by atoms with van der Waals surface area (Å²) >= 11 is 0. The first-order valence-electron chi connectivity index (χ1n) is 14.4. The van der Waals surface area contributed by atoms with Gasteiger partial charge in [0.1, 0.15) is 0 Å². The van der Waals surface area contributed by atoms with Crippen molar-refractivity contribution in [1.82, 2.24) is 0 Å². The summed E-state index contributed by atoms with van der Waals surface area (Å²) in [6.07, 6.45) is 13.4. The molecular weight excluding hydrogens is 416 g/mol. The molecule has 0 aromatic rings. The fourth-order valence-electron chi connectivity index (χ4n) is 12.1. The summed E-state index contributed by atoms with van der Waals surface area (Å²) in [5.41, 5.74) is 2.88. The number of hydrogen-bond acceptors (Lipinski definition) is 2. The van der Waals surface area contributed by atoms with Crippen LogP contribution < -0.4 is 0 Å². The molecule has 0 saturated heterocycles. The molecule has 190 valence electrons. The van der Waals surface area contributed by atoms with E-state index >= 15 is 0 Å². The maximum Gasteiger partial charge on any atom is 0.198 e. The summed E-state index contributed by atoms with van der Waals surface area (Å²) in [5, 5.41) is 0. The predicted molar refractivity (Wildman–Crippen MR) is 139 cm³/mol. The first kappa shape index (κ1) is 24.8. The quantitative estimate of drug-likeness (QED) is 0.239. The molecule has 0 N–H and O–H groups in total. The third-order valence-corrected chi connectivity index (χ3v) is 14.0. The Kier molecular flexibility index (Phi) is 5.50. The van der Waals surface area contributed by atoms with Crippen LogP contribution in [0.25, 0.3) is 0 Å². The van der Waals surface area contributed by atoms with E-state index in [0.717, 1.165) is 30.6 Å². The smallest absolute Gasteiger partial charge is 0.198 e. The van der Waals surface area contributed by atoms with E-state index in [1.54, 1.807) is 0 Å². The fraction of sp³-hybridized carbons (Fsp3) is 0.875. The molecule has 0 amide bonds. The van der Waals surface area contributed by atoms with Crippen LogP contribution in [0.3, 0.4) is 0 Å². The summed E-state index contributed by atoms with van der Waals surface area (Å²) in [6.45, 7) is 22.0. The average molecular weight is 467 g/mol. The molecule has 2 heteroatoms. The molecule has 0 heterocycles. The van der Waals surface area contributed by atoms with Crippen molar-refractivity contribution in [2.75, 3.05) is 0 Å². The van der Waals surface area contributed by atoms with E-state index in [0.29, 0.717) is 34.4 Å². The Labute approximate surface area is 209 Å². The van der Waals surface area contributed by atoms with E-state index in [2.05, 4.69) is 55.0 Å². The Morgan fingerprint density at radius 1 is 0.794 bits per heavy atom. The van der Waals surface area contributed by atoms with E-state index in [1.807, 2.05) is 0 Å². The molecule has 0 aromatic carbocycles. The van der Waals surface area contributed by atoms with Gasteiger partial charge in [0.15, 0.2) is 12.1 Å². The minimum atomic E-state index is -0.158. The van der Waals surface area contributed by atoms with Gasteiger partial charge in [0.2, 0.25) is 0 Å². The Bertz CT molecular complexity index is 901. The van der Waals surface area contributed by atoms with Gasteiger partial charge in [-0.3, -0.25) is 9.59 Å². The summed E-state index contributed by atoms with van der Waals surface area (Å²) in [7, 11) is 0. The first-order valence-corrected chi connectivity index (χ1v) is 14.4. The zero-order valence-electron chi connectivity index (χ0n) is 23.1. The van der Waals surface area contributed by atoms with Crippen LogP contribution in [0.5, 0.6) is 0 Å². The second kappa shape index (κ2) is 7.55. The number of carbonyl (C=O) groups is 2. The molecule has 5 aliphatic carbocycles. The van der Waals surface area contributed by atoms with E-state index in [4.69, 9.17) is 0 Å². The SMILES string of the molecule is C=C(C)C1CCC2(C)CC[C@]3(C)C(CCC4[C@@]5(C)CCC(C(=O)C=O)C(C)(C)C5CC[C@]43C)C12. The highest BCUT2D eigenvalue weighted by Gasteiger charge is 2.70. The lowest BCUT2D eigenvalue weighted by molar-refractivity contribution is -0.240. The maximum absolute atomic E-state index is 12.6. The van der Waals surface area contributed by atoms with Crippen LogP contribution in [0.2, 0.25) is 0 Å². The summed E-state index contributed by atoms with van der Waals surface area (Å²) in [6, 6.07) is 0. The highest BCUT2D eigenvalue weighted by Crippen LogP contribution is 2.77. The zero-order valence-corrected chi connectivity index (χ0v) is 23.1. The summed E-state index contributed by atoms with van der Waals surface area (Å²) < 4.78 is 0. The third kappa shape index (κ3) is 2.92. The molecule has 0 spiro atoms. The number of fused-ring (bicyclic) bond motifs is 7. The van der Waals surface area contributed by atoms with Gasteiger partial charge in [0, 0.05) is 5.92 Å². The molecule has 0 aromatic heterocycles. The maximum atomic E-state index is 12.6. The van der Waals surface area contributed by atoms with Gasteiger partial charge in [-0.1, -0.05) is 53.7 Å². The fourth-order valence-corrected chi connectivity index (χ4v) is 12.1. The van der Waals surface area contributed by atoms with E-state index in [1.165, 1.54) is 56.9 Å². The molecule has 5 rings (SSSR count). The molecule has 7 unspecified atom stereocenters. The minimum Gasteiger partial charge on any atom is -0.295 e. The van der Waals surface area contributed by atoms with Crippen LogP contribution in [-0.4, -0.2) is 12.1 Å². The minimum absolute atomic E-state index is 0.0916. The monoisotopic (exact) mass is 466 g/mol. The lowest BCUT2D eigenvalue weighted by Gasteiger charge is -2.73. The lowest BCUT2D eigenvalue weighted by atomic mass is 9.32. The molecule has 0 radical (unpaired) electrons.